The van der Waals surface area contributed by atoms with E-state index in [4.69, 9.17) is 38.6 Å². The highest BCUT2D eigenvalue weighted by molar-refractivity contribution is 6.11. The van der Waals surface area contributed by atoms with Crippen LogP contribution in [0.15, 0.2) is 212 Å². The van der Waals surface area contributed by atoms with Gasteiger partial charge in [-0.05, 0) is 47.5 Å². The van der Waals surface area contributed by atoms with Crippen molar-refractivity contribution < 1.29 is 13.7 Å². The van der Waals surface area contributed by atoms with E-state index in [1.807, 2.05) is 103 Å². The van der Waals surface area contributed by atoms with Crippen LogP contribution in [0, 0.1) is 0 Å². The van der Waals surface area contributed by atoms with Gasteiger partial charge in [-0.3, -0.25) is 0 Å². The molecule has 0 unspecified atom stereocenters. The molecule has 0 spiro atoms. The van der Waals surface area contributed by atoms with Gasteiger partial charge in [0.1, 0.15) is 0 Å². The van der Waals surface area contributed by atoms with Crippen molar-refractivity contribution in [3.05, 3.63) is 212 Å². The van der Waals surface area contributed by atoms with Crippen molar-refractivity contribution in [3.8, 4) is 85.1 Å². The number of nitrogens with zero attached hydrogens (tertiary/aromatic N) is 7. The van der Waals surface area contributed by atoms with Crippen molar-refractivity contribution in [3.63, 3.8) is 0 Å². The lowest BCUT2D eigenvalue weighted by Crippen LogP contribution is -2.05. The summed E-state index contributed by atoms with van der Waals surface area (Å²) < 4.78 is 88.1. The van der Waals surface area contributed by atoms with Crippen molar-refractivity contribution in [1.82, 2.24) is 34.5 Å². The van der Waals surface area contributed by atoms with E-state index in [0.29, 0.717) is 28.5 Å². The van der Waals surface area contributed by atoms with Crippen molar-refractivity contribution in [2.45, 2.75) is 0 Å². The molecule has 0 aliphatic heterocycles. The van der Waals surface area contributed by atoms with Gasteiger partial charge in [-0.2, -0.15) is 0 Å². The maximum absolute atomic E-state index is 8.88. The number of rotatable bonds is 8. The normalized spacial score (nSPS) is 13.6. The number of hydrogen-bond donors (Lipinski definition) is 0. The number of fused-ring (bicyclic) bond motifs is 3. The number of para-hydroxylation sites is 1. The smallest absolute Gasteiger partial charge is 0.166 e. The molecule has 0 aliphatic rings. The molecule has 11 rings (SSSR count). The Morgan fingerprint density at radius 2 is 0.754 bits per heavy atom. The molecule has 0 amide bonds. The van der Waals surface area contributed by atoms with E-state index in [9.17, 15) is 0 Å². The first kappa shape index (κ1) is 26.6. The molecule has 11 aromatic rings. The SMILES string of the molecule is [2H]c1c([2H])c([2H])c(-c2nc(-c3ccc(-n4c5ccccc5c5cc(-c6ccccc6)ccc54)c(-c4nc(-c5ccccc5)nc(-c5ccccc5)n4)c3)nc(-c3c([2H])c([2H])c([2H])c([2H])c3[2H])n2)c([2H])c1[2H]. The van der Waals surface area contributed by atoms with Gasteiger partial charge in [0.2, 0.25) is 0 Å². The summed E-state index contributed by atoms with van der Waals surface area (Å²) in [5.41, 5.74) is 6.04. The molecule has 7 nitrogen and oxygen atoms in total. The lowest BCUT2D eigenvalue weighted by Gasteiger charge is -2.16. The van der Waals surface area contributed by atoms with Crippen LogP contribution >= 0.6 is 0 Å². The minimum absolute atomic E-state index is 0.105. The summed E-state index contributed by atoms with van der Waals surface area (Å²) in [6, 6.07) is 42.8. The summed E-state index contributed by atoms with van der Waals surface area (Å²) >= 11 is 0. The molecule has 0 atom stereocenters. The molecule has 3 aromatic heterocycles. The van der Waals surface area contributed by atoms with Gasteiger partial charge in [0.25, 0.3) is 0 Å². The number of benzene rings is 8. The highest BCUT2D eigenvalue weighted by Gasteiger charge is 2.22. The molecule has 0 saturated heterocycles. The molecule has 0 aliphatic carbocycles. The fourth-order valence-corrected chi connectivity index (χ4v) is 7.47. The molecule has 0 fully saturated rings. The summed E-state index contributed by atoms with van der Waals surface area (Å²) in [5, 5.41) is 1.98. The Balaban J connectivity index is 1.23. The molecule has 0 N–H and O–H groups in total. The highest BCUT2D eigenvalue weighted by Crippen LogP contribution is 2.39. The van der Waals surface area contributed by atoms with Crippen LogP contribution in [0.2, 0.25) is 0 Å². The Morgan fingerprint density at radius 3 is 1.33 bits per heavy atom. The molecule has 0 radical (unpaired) electrons. The maximum atomic E-state index is 8.88. The van der Waals surface area contributed by atoms with Crippen LogP contribution in [0.1, 0.15) is 13.7 Å². The van der Waals surface area contributed by atoms with Crippen LogP contribution in [0.4, 0.5) is 0 Å². The van der Waals surface area contributed by atoms with E-state index in [1.165, 1.54) is 0 Å². The fourth-order valence-electron chi connectivity index (χ4n) is 7.47. The third kappa shape index (κ3) is 6.80. The standard InChI is InChI=1S/C54H35N7/c1-6-18-36(19-7-1)41-30-32-47-44(34-41)43-28-16-17-29-46(43)61(47)48-33-31-42(53-57-49(37-20-8-2-9-21-37)55-50(58-53)38-22-10-3-11-23-38)35-45(48)54-59-51(39-24-12-4-13-25-39)56-52(60-54)40-26-14-5-15-27-40/h1-35H/i2D,3D,8D,9D,10D,11D,20D,21D,22D,23D. The summed E-state index contributed by atoms with van der Waals surface area (Å²) in [4.78, 5) is 29.2. The van der Waals surface area contributed by atoms with Gasteiger partial charge in [-0.1, -0.05) is 176 Å². The lowest BCUT2D eigenvalue weighted by atomic mass is 10.0. The minimum atomic E-state index is -0.640. The maximum Gasteiger partial charge on any atom is 0.166 e. The van der Waals surface area contributed by atoms with E-state index in [-0.39, 0.29) is 34.4 Å². The molecule has 0 bridgehead atoms. The lowest BCUT2D eigenvalue weighted by molar-refractivity contribution is 1.06. The molecule has 7 heteroatoms. The van der Waals surface area contributed by atoms with E-state index in [1.54, 1.807) is 12.1 Å². The topological polar surface area (TPSA) is 82.3 Å². The molecular weight excluding hydrogens is 747 g/mol. The van der Waals surface area contributed by atoms with Crippen molar-refractivity contribution in [1.29, 1.82) is 0 Å². The Bertz CT molecular complexity index is 3740. The number of aromatic nitrogens is 7. The third-order valence-electron chi connectivity index (χ3n) is 10.3. The van der Waals surface area contributed by atoms with Crippen LogP contribution in [0.5, 0.6) is 0 Å². The summed E-state index contributed by atoms with van der Waals surface area (Å²) in [5.74, 6) is 0.196. The molecular formula is C54H35N7. The minimum Gasteiger partial charge on any atom is -0.309 e. The Kier molecular flexibility index (Phi) is 6.70. The zero-order chi connectivity index (χ0) is 49.2. The molecule has 3 heterocycles. The zero-order valence-electron chi connectivity index (χ0n) is 42.1. The van der Waals surface area contributed by atoms with Crippen LogP contribution < -0.4 is 0 Å². The predicted molar refractivity (Wildman–Crippen MR) is 246 cm³/mol. The van der Waals surface area contributed by atoms with E-state index in [2.05, 4.69) is 45.9 Å². The molecule has 0 saturated carbocycles. The number of hydrogen-bond acceptors (Lipinski definition) is 6. The summed E-state index contributed by atoms with van der Waals surface area (Å²) in [6.07, 6.45) is 0. The third-order valence-corrected chi connectivity index (χ3v) is 10.3. The first-order valence-electron chi connectivity index (χ1n) is 24.4. The first-order chi connectivity index (χ1) is 34.4. The van der Waals surface area contributed by atoms with Gasteiger partial charge in [0.15, 0.2) is 34.9 Å². The summed E-state index contributed by atoms with van der Waals surface area (Å²) in [7, 11) is 0. The monoisotopic (exact) mass is 791 g/mol. The van der Waals surface area contributed by atoms with Crippen LogP contribution in [0.25, 0.3) is 107 Å². The highest BCUT2D eigenvalue weighted by atomic mass is 15.1. The first-order valence-corrected chi connectivity index (χ1v) is 19.4. The van der Waals surface area contributed by atoms with E-state index >= 15 is 0 Å². The second-order valence-corrected chi connectivity index (χ2v) is 14.0. The molecule has 8 aromatic carbocycles. The van der Waals surface area contributed by atoms with Gasteiger partial charge in [-0.15, -0.1) is 0 Å². The Hall–Kier alpha value is -8.42. The van der Waals surface area contributed by atoms with Gasteiger partial charge < -0.3 is 4.57 Å². The fraction of sp³-hybridized carbons (Fsp3) is 0. The van der Waals surface area contributed by atoms with Gasteiger partial charge >= 0.3 is 0 Å². The van der Waals surface area contributed by atoms with Crippen LogP contribution in [-0.2, 0) is 0 Å². The Morgan fingerprint density at radius 1 is 0.311 bits per heavy atom. The predicted octanol–water partition coefficient (Wildman–Crippen LogP) is 12.8. The average Bonchev–Trinajstić information content (AvgIpc) is 3.74. The van der Waals surface area contributed by atoms with Crippen molar-refractivity contribution in [2.24, 2.45) is 0 Å². The summed E-state index contributed by atoms with van der Waals surface area (Å²) in [6.45, 7) is 0. The average molecular weight is 792 g/mol. The largest absolute Gasteiger partial charge is 0.309 e. The second-order valence-electron chi connectivity index (χ2n) is 14.0. The second kappa shape index (κ2) is 15.4. The van der Waals surface area contributed by atoms with Gasteiger partial charge in [0, 0.05) is 44.2 Å². The Labute approximate surface area is 366 Å². The molecule has 286 valence electrons. The van der Waals surface area contributed by atoms with Crippen LogP contribution in [-0.4, -0.2) is 34.5 Å². The zero-order valence-corrected chi connectivity index (χ0v) is 32.1. The van der Waals surface area contributed by atoms with Crippen molar-refractivity contribution >= 4 is 21.8 Å². The van der Waals surface area contributed by atoms with E-state index < -0.39 is 60.4 Å². The molecule has 61 heavy (non-hydrogen) atoms. The van der Waals surface area contributed by atoms with Crippen molar-refractivity contribution in [2.75, 3.05) is 0 Å². The quantitative estimate of drug-likeness (QED) is 0.152. The van der Waals surface area contributed by atoms with Gasteiger partial charge in [-0.25, -0.2) is 29.9 Å². The van der Waals surface area contributed by atoms with Gasteiger partial charge in [0.05, 0.1) is 30.4 Å². The van der Waals surface area contributed by atoms with Crippen LogP contribution in [0.3, 0.4) is 0 Å². The van der Waals surface area contributed by atoms with E-state index in [0.717, 1.165) is 44.1 Å².